The molecule has 0 saturated carbocycles. The normalized spacial score (nSPS) is 10.8. The molecule has 0 atom stereocenters. The summed E-state index contributed by atoms with van der Waals surface area (Å²) in [5.74, 6) is 3.55. The fourth-order valence-corrected chi connectivity index (χ4v) is 2.52. The third-order valence-corrected chi connectivity index (χ3v) is 3.97. The number of thioether (sulfide) groups is 1. The second-order valence-corrected chi connectivity index (χ2v) is 5.96. The lowest BCUT2D eigenvalue weighted by Gasteiger charge is -2.12. The van der Waals surface area contributed by atoms with Crippen molar-refractivity contribution in [2.24, 2.45) is 4.99 Å². The number of halogens is 1. The second kappa shape index (κ2) is 14.5. The Labute approximate surface area is 167 Å². The maximum absolute atomic E-state index is 5.34. The zero-order chi connectivity index (χ0) is 16.9. The van der Waals surface area contributed by atoms with Gasteiger partial charge in [-0.15, -0.1) is 24.0 Å². The molecule has 0 bridgehead atoms. The Hall–Kier alpha value is -0.830. The average molecular weight is 467 g/mol. The Morgan fingerprint density at radius 1 is 1.17 bits per heavy atom. The second-order valence-electron chi connectivity index (χ2n) is 4.97. The molecule has 1 aromatic rings. The summed E-state index contributed by atoms with van der Waals surface area (Å²) < 4.78 is 10.6. The lowest BCUT2D eigenvalue weighted by Crippen LogP contribution is -2.38. The van der Waals surface area contributed by atoms with Crippen LogP contribution in [0, 0.1) is 0 Å². The smallest absolute Gasteiger partial charge is 0.191 e. The number of nitrogens with one attached hydrogen (secondary N) is 2. The van der Waals surface area contributed by atoms with Gasteiger partial charge in [0, 0.05) is 19.6 Å². The summed E-state index contributed by atoms with van der Waals surface area (Å²) in [5.41, 5.74) is 1.20. The molecule has 0 spiro atoms. The van der Waals surface area contributed by atoms with Gasteiger partial charge in [0.25, 0.3) is 0 Å². The monoisotopic (exact) mass is 467 g/mol. The van der Waals surface area contributed by atoms with Crippen LogP contribution in [0.3, 0.4) is 0 Å². The fraction of sp³-hybridized carbons (Fsp3) is 0.588. The highest BCUT2D eigenvalue weighted by molar-refractivity contribution is 14.0. The van der Waals surface area contributed by atoms with Crippen LogP contribution in [0.15, 0.2) is 23.2 Å². The summed E-state index contributed by atoms with van der Waals surface area (Å²) in [7, 11) is 3.31. The summed E-state index contributed by atoms with van der Waals surface area (Å²) >= 11 is 1.86. The van der Waals surface area contributed by atoms with Crippen molar-refractivity contribution in [1.82, 2.24) is 10.6 Å². The molecule has 2 N–H and O–H groups in total. The van der Waals surface area contributed by atoms with Crippen molar-refractivity contribution >= 4 is 41.7 Å². The molecular weight excluding hydrogens is 437 g/mol. The van der Waals surface area contributed by atoms with Crippen LogP contribution in [0.5, 0.6) is 11.5 Å². The molecule has 24 heavy (non-hydrogen) atoms. The fourth-order valence-electron chi connectivity index (χ4n) is 2.10. The van der Waals surface area contributed by atoms with Crippen molar-refractivity contribution in [2.75, 3.05) is 45.9 Å². The first kappa shape index (κ1) is 23.2. The molecule has 1 aromatic carbocycles. The molecular formula is C17H30IN3O2S. The van der Waals surface area contributed by atoms with Crippen LogP contribution in [0.2, 0.25) is 0 Å². The van der Waals surface area contributed by atoms with Crippen molar-refractivity contribution in [3.05, 3.63) is 23.8 Å². The summed E-state index contributed by atoms with van der Waals surface area (Å²) in [6.07, 6.45) is 4.12. The highest BCUT2D eigenvalue weighted by Gasteiger charge is 2.04. The molecule has 0 amide bonds. The summed E-state index contributed by atoms with van der Waals surface area (Å²) in [6, 6.07) is 6.02. The first-order valence-corrected chi connectivity index (χ1v) is 9.36. The third-order valence-electron chi connectivity index (χ3n) is 3.27. The summed E-state index contributed by atoms with van der Waals surface area (Å²) in [4.78, 5) is 4.58. The Kier molecular flexibility index (Phi) is 14.0. The molecule has 0 fully saturated rings. The number of hydrogen-bond acceptors (Lipinski definition) is 4. The Bertz CT molecular complexity index is 487. The molecule has 0 saturated heterocycles. The van der Waals surface area contributed by atoms with E-state index >= 15 is 0 Å². The molecule has 0 heterocycles. The largest absolute Gasteiger partial charge is 0.493 e. The van der Waals surface area contributed by atoms with Gasteiger partial charge in [0.2, 0.25) is 0 Å². The van der Waals surface area contributed by atoms with E-state index in [1.54, 1.807) is 14.2 Å². The van der Waals surface area contributed by atoms with Crippen LogP contribution < -0.4 is 20.1 Å². The van der Waals surface area contributed by atoms with Crippen LogP contribution in [0.1, 0.15) is 18.9 Å². The van der Waals surface area contributed by atoms with E-state index in [9.17, 15) is 0 Å². The van der Waals surface area contributed by atoms with Gasteiger partial charge < -0.3 is 20.1 Å². The molecule has 1 rings (SSSR count). The lowest BCUT2D eigenvalue weighted by molar-refractivity contribution is 0.354. The van der Waals surface area contributed by atoms with Gasteiger partial charge in [-0.1, -0.05) is 6.07 Å². The molecule has 5 nitrogen and oxygen atoms in total. The van der Waals surface area contributed by atoms with Crippen molar-refractivity contribution in [1.29, 1.82) is 0 Å². The molecule has 7 heteroatoms. The predicted octanol–water partition coefficient (Wildman–Crippen LogP) is 3.17. The van der Waals surface area contributed by atoms with Gasteiger partial charge in [0.05, 0.1) is 14.2 Å². The minimum Gasteiger partial charge on any atom is -0.493 e. The minimum absolute atomic E-state index is 0. The number of nitrogens with zero attached hydrogens (tertiary/aromatic N) is 1. The number of ether oxygens (including phenoxy) is 2. The van der Waals surface area contributed by atoms with E-state index in [0.29, 0.717) is 0 Å². The van der Waals surface area contributed by atoms with Crippen molar-refractivity contribution in [3.8, 4) is 11.5 Å². The topological polar surface area (TPSA) is 54.9 Å². The van der Waals surface area contributed by atoms with Gasteiger partial charge in [-0.25, -0.2) is 0 Å². The number of aliphatic imine (C=N–C) groups is 1. The quantitative estimate of drug-likeness (QED) is 0.240. The maximum atomic E-state index is 5.34. The highest BCUT2D eigenvalue weighted by Crippen LogP contribution is 2.27. The lowest BCUT2D eigenvalue weighted by atomic mass is 10.1. The van der Waals surface area contributed by atoms with E-state index in [1.807, 2.05) is 23.9 Å². The number of methoxy groups -OCH3 is 2. The van der Waals surface area contributed by atoms with E-state index in [4.69, 9.17) is 9.47 Å². The van der Waals surface area contributed by atoms with Crippen LogP contribution in [0.25, 0.3) is 0 Å². The highest BCUT2D eigenvalue weighted by atomic mass is 127. The standard InChI is InChI=1S/C17H29N3O2S.HI/c1-5-18-17(19-10-6-12-23-4)20-11-9-14-7-8-15(21-2)16(13-14)22-3;/h7-8,13H,5-6,9-12H2,1-4H3,(H2,18,19,20);1H. The Morgan fingerprint density at radius 2 is 1.92 bits per heavy atom. The molecule has 138 valence electrons. The molecule has 0 unspecified atom stereocenters. The maximum Gasteiger partial charge on any atom is 0.191 e. The first-order valence-electron chi connectivity index (χ1n) is 7.97. The number of benzene rings is 1. The SMILES string of the molecule is CCNC(=NCCCSC)NCCc1ccc(OC)c(OC)c1.I. The van der Waals surface area contributed by atoms with Gasteiger partial charge in [0.1, 0.15) is 0 Å². The van der Waals surface area contributed by atoms with E-state index in [-0.39, 0.29) is 24.0 Å². The Morgan fingerprint density at radius 3 is 2.54 bits per heavy atom. The van der Waals surface area contributed by atoms with Gasteiger partial charge in [-0.2, -0.15) is 11.8 Å². The summed E-state index contributed by atoms with van der Waals surface area (Å²) in [6.45, 7) is 4.62. The van der Waals surface area contributed by atoms with Crippen LogP contribution in [-0.2, 0) is 6.42 Å². The zero-order valence-corrected chi connectivity index (χ0v) is 18.2. The molecule has 0 aliphatic heterocycles. The summed E-state index contributed by atoms with van der Waals surface area (Å²) in [5, 5.41) is 6.65. The number of hydrogen-bond donors (Lipinski definition) is 2. The van der Waals surface area contributed by atoms with Crippen LogP contribution in [-0.4, -0.2) is 51.8 Å². The third kappa shape index (κ3) is 8.86. The van der Waals surface area contributed by atoms with Crippen molar-refractivity contribution < 1.29 is 9.47 Å². The predicted molar refractivity (Wildman–Crippen MR) is 116 cm³/mol. The van der Waals surface area contributed by atoms with Crippen molar-refractivity contribution in [3.63, 3.8) is 0 Å². The number of rotatable bonds is 10. The molecule has 0 aromatic heterocycles. The average Bonchev–Trinajstić information content (AvgIpc) is 2.58. The van der Waals surface area contributed by atoms with Gasteiger partial charge >= 0.3 is 0 Å². The van der Waals surface area contributed by atoms with E-state index < -0.39 is 0 Å². The van der Waals surface area contributed by atoms with Crippen molar-refractivity contribution in [2.45, 2.75) is 19.8 Å². The van der Waals surface area contributed by atoms with Gasteiger partial charge in [-0.05, 0) is 49.5 Å². The number of guanidine groups is 1. The van der Waals surface area contributed by atoms with Gasteiger partial charge in [-0.3, -0.25) is 4.99 Å². The van der Waals surface area contributed by atoms with Crippen LogP contribution in [0.4, 0.5) is 0 Å². The molecule has 0 aliphatic rings. The van der Waals surface area contributed by atoms with E-state index in [0.717, 1.165) is 55.7 Å². The Balaban J connectivity index is 0.00000529. The minimum atomic E-state index is 0. The van der Waals surface area contributed by atoms with Crippen LogP contribution >= 0.6 is 35.7 Å². The van der Waals surface area contributed by atoms with E-state index in [1.165, 1.54) is 5.56 Å². The van der Waals surface area contributed by atoms with E-state index in [2.05, 4.69) is 34.9 Å². The molecule has 0 aliphatic carbocycles. The zero-order valence-electron chi connectivity index (χ0n) is 15.1. The van der Waals surface area contributed by atoms with Gasteiger partial charge in [0.15, 0.2) is 17.5 Å². The molecule has 0 radical (unpaired) electrons. The first-order chi connectivity index (χ1) is 11.2.